The van der Waals surface area contributed by atoms with Gasteiger partial charge < -0.3 is 14.4 Å². The number of hydrogen-bond acceptors (Lipinski definition) is 5. The second-order valence-electron chi connectivity index (χ2n) is 5.70. The Balaban J connectivity index is 1.79. The molecule has 0 amide bonds. The van der Waals surface area contributed by atoms with Crippen molar-refractivity contribution in [1.29, 1.82) is 0 Å². The van der Waals surface area contributed by atoms with E-state index in [0.29, 0.717) is 18.9 Å². The molecule has 1 aliphatic heterocycles. The lowest BCUT2D eigenvalue weighted by Crippen LogP contribution is -2.22. The van der Waals surface area contributed by atoms with E-state index in [4.69, 9.17) is 9.26 Å². The van der Waals surface area contributed by atoms with Crippen LogP contribution in [0.5, 0.6) is 11.5 Å². The Morgan fingerprint density at radius 2 is 2.32 bits per heavy atom. The summed E-state index contributed by atoms with van der Waals surface area (Å²) < 4.78 is 10.9. The van der Waals surface area contributed by atoms with E-state index in [0.717, 1.165) is 36.4 Å². The third-order valence-electron chi connectivity index (χ3n) is 4.09. The van der Waals surface area contributed by atoms with E-state index in [1.165, 1.54) is 0 Å². The average Bonchev–Trinajstić information content (AvgIpc) is 3.12. The molecule has 1 aromatic heterocycles. The number of aromatic nitrogens is 1. The predicted octanol–water partition coefficient (Wildman–Crippen LogP) is 3.42. The number of nitrogens with zero attached hydrogens (tertiary/aromatic N) is 2. The van der Waals surface area contributed by atoms with E-state index in [1.54, 1.807) is 6.07 Å². The fraction of sp³-hybridized carbons (Fsp3) is 0.471. The molecule has 1 atom stereocenters. The monoisotopic (exact) mass is 302 g/mol. The Morgan fingerprint density at radius 1 is 1.45 bits per heavy atom. The highest BCUT2D eigenvalue weighted by molar-refractivity contribution is 5.45. The fourth-order valence-corrected chi connectivity index (χ4v) is 3.06. The van der Waals surface area contributed by atoms with Gasteiger partial charge in [0.05, 0.1) is 18.3 Å². The van der Waals surface area contributed by atoms with Crippen LogP contribution in [-0.4, -0.2) is 28.3 Å². The van der Waals surface area contributed by atoms with E-state index in [9.17, 15) is 5.11 Å². The minimum absolute atomic E-state index is 0.233. The Hall–Kier alpha value is -2.01. The first-order valence-corrected chi connectivity index (χ1v) is 7.80. The Morgan fingerprint density at radius 3 is 3.05 bits per heavy atom. The summed E-state index contributed by atoms with van der Waals surface area (Å²) in [5.41, 5.74) is 1.79. The highest BCUT2D eigenvalue weighted by atomic mass is 16.5. The summed E-state index contributed by atoms with van der Waals surface area (Å²) in [7, 11) is 0. The predicted molar refractivity (Wildman–Crippen MR) is 82.9 cm³/mol. The normalized spacial score (nSPS) is 18.7. The molecule has 1 aliphatic rings. The van der Waals surface area contributed by atoms with Crippen LogP contribution in [0.25, 0.3) is 0 Å². The first-order chi connectivity index (χ1) is 10.7. The van der Waals surface area contributed by atoms with Crippen molar-refractivity contribution in [3.63, 3.8) is 0 Å². The van der Waals surface area contributed by atoms with Crippen molar-refractivity contribution in [3.05, 3.63) is 41.3 Å². The lowest BCUT2D eigenvalue weighted by Gasteiger charge is -2.23. The molecular formula is C17H22N2O3. The number of rotatable bonds is 5. The van der Waals surface area contributed by atoms with Gasteiger partial charge in [-0.1, -0.05) is 17.3 Å². The number of para-hydroxylation sites is 1. The quantitative estimate of drug-likeness (QED) is 0.917. The van der Waals surface area contributed by atoms with E-state index in [1.807, 2.05) is 32.0 Å². The van der Waals surface area contributed by atoms with Gasteiger partial charge in [-0.3, -0.25) is 4.90 Å². The molecular weight excluding hydrogens is 280 g/mol. The molecule has 0 aliphatic carbocycles. The summed E-state index contributed by atoms with van der Waals surface area (Å²) in [5.74, 6) is 1.70. The van der Waals surface area contributed by atoms with Gasteiger partial charge in [-0.05, 0) is 39.3 Å². The largest absolute Gasteiger partial charge is 0.504 e. The topological polar surface area (TPSA) is 58.7 Å². The molecule has 0 bridgehead atoms. The summed E-state index contributed by atoms with van der Waals surface area (Å²) in [4.78, 5) is 2.32. The zero-order valence-electron chi connectivity index (χ0n) is 13.1. The fourth-order valence-electron chi connectivity index (χ4n) is 3.06. The Kier molecular flexibility index (Phi) is 4.34. The second-order valence-corrected chi connectivity index (χ2v) is 5.70. The lowest BCUT2D eigenvalue weighted by molar-refractivity contribution is 0.204. The van der Waals surface area contributed by atoms with Crippen molar-refractivity contribution in [2.45, 2.75) is 39.3 Å². The van der Waals surface area contributed by atoms with Crippen LogP contribution in [0, 0.1) is 6.92 Å². The maximum Gasteiger partial charge on any atom is 0.162 e. The highest BCUT2D eigenvalue weighted by Crippen LogP contribution is 2.36. The number of aryl methyl sites for hydroxylation is 1. The number of likely N-dealkylation sites (tertiary alicyclic amines) is 1. The number of phenolic OH excluding ortho intramolecular Hbond substituents is 1. The van der Waals surface area contributed by atoms with Crippen LogP contribution in [0.2, 0.25) is 0 Å². The van der Waals surface area contributed by atoms with Crippen LogP contribution >= 0.6 is 0 Å². The molecule has 1 N–H and O–H groups in total. The zero-order chi connectivity index (χ0) is 15.5. The molecule has 1 fully saturated rings. The van der Waals surface area contributed by atoms with Crippen LogP contribution in [0.15, 0.2) is 28.8 Å². The molecule has 0 saturated carbocycles. The van der Waals surface area contributed by atoms with Crippen molar-refractivity contribution < 1.29 is 14.4 Å². The minimum Gasteiger partial charge on any atom is -0.504 e. The van der Waals surface area contributed by atoms with Gasteiger partial charge in [0, 0.05) is 18.2 Å². The number of aromatic hydroxyl groups is 1. The van der Waals surface area contributed by atoms with Crippen LogP contribution < -0.4 is 4.74 Å². The van der Waals surface area contributed by atoms with E-state index in [-0.39, 0.29) is 11.8 Å². The smallest absolute Gasteiger partial charge is 0.162 e. The molecule has 0 spiro atoms. The summed E-state index contributed by atoms with van der Waals surface area (Å²) in [6.45, 7) is 6.05. The Bertz CT molecular complexity index is 639. The first-order valence-electron chi connectivity index (χ1n) is 7.80. The van der Waals surface area contributed by atoms with Gasteiger partial charge in [-0.15, -0.1) is 0 Å². The molecule has 118 valence electrons. The summed E-state index contributed by atoms with van der Waals surface area (Å²) >= 11 is 0. The van der Waals surface area contributed by atoms with E-state index in [2.05, 4.69) is 10.1 Å². The molecule has 0 radical (unpaired) electrons. The van der Waals surface area contributed by atoms with Crippen molar-refractivity contribution in [2.24, 2.45) is 0 Å². The Labute approximate surface area is 130 Å². The third-order valence-corrected chi connectivity index (χ3v) is 4.09. The van der Waals surface area contributed by atoms with Gasteiger partial charge in [-0.2, -0.15) is 0 Å². The standard InChI is InChI=1S/C17H22N2O3/c1-3-21-15-8-4-6-13(17(15)20)11-19-9-5-7-14(19)16-10-12(2)18-22-16/h4,6,8,10,14,20H,3,5,7,9,11H2,1-2H3/t14-/m0/s1. The van der Waals surface area contributed by atoms with Crippen molar-refractivity contribution >= 4 is 0 Å². The molecule has 22 heavy (non-hydrogen) atoms. The maximum atomic E-state index is 10.4. The lowest BCUT2D eigenvalue weighted by atomic mass is 10.1. The van der Waals surface area contributed by atoms with Gasteiger partial charge in [0.15, 0.2) is 17.3 Å². The first kappa shape index (κ1) is 14.9. The number of phenols is 1. The van der Waals surface area contributed by atoms with Crippen LogP contribution in [-0.2, 0) is 6.54 Å². The van der Waals surface area contributed by atoms with Gasteiger partial charge in [0.2, 0.25) is 0 Å². The van der Waals surface area contributed by atoms with Crippen LogP contribution in [0.3, 0.4) is 0 Å². The van der Waals surface area contributed by atoms with Crippen molar-refractivity contribution in [1.82, 2.24) is 10.1 Å². The average molecular weight is 302 g/mol. The molecule has 0 unspecified atom stereocenters. The van der Waals surface area contributed by atoms with E-state index >= 15 is 0 Å². The van der Waals surface area contributed by atoms with Gasteiger partial charge in [0.1, 0.15) is 0 Å². The highest BCUT2D eigenvalue weighted by Gasteiger charge is 2.29. The molecule has 5 heteroatoms. The van der Waals surface area contributed by atoms with Crippen molar-refractivity contribution in [2.75, 3.05) is 13.2 Å². The van der Waals surface area contributed by atoms with Gasteiger partial charge in [0.25, 0.3) is 0 Å². The molecule has 2 aromatic rings. The van der Waals surface area contributed by atoms with Gasteiger partial charge in [-0.25, -0.2) is 0 Å². The second kappa shape index (κ2) is 6.40. The molecule has 5 nitrogen and oxygen atoms in total. The van der Waals surface area contributed by atoms with Crippen LogP contribution in [0.4, 0.5) is 0 Å². The van der Waals surface area contributed by atoms with E-state index < -0.39 is 0 Å². The molecule has 1 aromatic carbocycles. The van der Waals surface area contributed by atoms with Gasteiger partial charge >= 0.3 is 0 Å². The SMILES string of the molecule is CCOc1cccc(CN2CCC[C@H]2c2cc(C)no2)c1O. The minimum atomic E-state index is 0.233. The summed E-state index contributed by atoms with van der Waals surface area (Å²) in [6, 6.07) is 7.89. The number of ether oxygens (including phenoxy) is 1. The zero-order valence-corrected chi connectivity index (χ0v) is 13.1. The molecule has 3 rings (SSSR count). The van der Waals surface area contributed by atoms with Crippen LogP contribution in [0.1, 0.15) is 42.8 Å². The summed E-state index contributed by atoms with van der Waals surface area (Å²) in [6.07, 6.45) is 2.18. The number of benzene rings is 1. The molecule has 2 heterocycles. The number of hydrogen-bond donors (Lipinski definition) is 1. The summed E-state index contributed by atoms with van der Waals surface area (Å²) in [5, 5.41) is 14.3. The maximum absolute atomic E-state index is 10.4. The third kappa shape index (κ3) is 2.95. The molecule has 1 saturated heterocycles. The van der Waals surface area contributed by atoms with Crippen molar-refractivity contribution in [3.8, 4) is 11.5 Å².